The number of fused-ring (bicyclic) bond motifs is 1. The smallest absolute Gasteiger partial charge is 0.270 e. The Hall–Kier alpha value is -3.00. The lowest BCUT2D eigenvalue weighted by Gasteiger charge is -2.23. The summed E-state index contributed by atoms with van der Waals surface area (Å²) in [5, 5.41) is 3.28. The maximum absolute atomic E-state index is 14.0. The van der Waals surface area contributed by atoms with Gasteiger partial charge in [-0.05, 0) is 64.0 Å². The molecule has 1 unspecified atom stereocenters. The van der Waals surface area contributed by atoms with Crippen LogP contribution in [0.1, 0.15) is 47.9 Å². The molecule has 2 heterocycles. The van der Waals surface area contributed by atoms with Crippen molar-refractivity contribution in [2.75, 3.05) is 20.6 Å². The summed E-state index contributed by atoms with van der Waals surface area (Å²) in [5.74, 6) is -0.709. The highest BCUT2D eigenvalue weighted by Gasteiger charge is 2.54. The number of carbonyl (C=O) groups is 1. The Bertz CT molecular complexity index is 1160. The predicted octanol–water partition coefficient (Wildman–Crippen LogP) is 4.35. The average molecular weight is 457 g/mol. The number of nitrogens with one attached hydrogen (secondary N) is 1. The van der Waals surface area contributed by atoms with Gasteiger partial charge in [0, 0.05) is 12.7 Å². The fourth-order valence-corrected chi connectivity index (χ4v) is 4.71. The molecule has 4 rings (SSSR count). The van der Waals surface area contributed by atoms with Crippen molar-refractivity contribution in [2.24, 2.45) is 5.92 Å². The first kappa shape index (κ1) is 23.2. The number of ether oxygens (including phenoxy) is 1. The zero-order valence-corrected chi connectivity index (χ0v) is 19.5. The zero-order chi connectivity index (χ0) is 23.8. The summed E-state index contributed by atoms with van der Waals surface area (Å²) in [7, 11) is 4.02. The molecule has 0 aliphatic heterocycles. The Kier molecular flexibility index (Phi) is 6.38. The first-order valence-corrected chi connectivity index (χ1v) is 11.3. The Balaban J connectivity index is 1.59. The van der Waals surface area contributed by atoms with Crippen LogP contribution in [0.2, 0.25) is 0 Å². The van der Waals surface area contributed by atoms with Crippen molar-refractivity contribution in [1.82, 2.24) is 19.6 Å². The normalized spacial score (nSPS) is 19.8. The molecule has 33 heavy (non-hydrogen) atoms. The van der Waals surface area contributed by atoms with Gasteiger partial charge in [-0.15, -0.1) is 0 Å². The number of hydrogen-bond acceptors (Lipinski definition) is 4. The predicted molar refractivity (Wildman–Crippen MR) is 122 cm³/mol. The number of aromatic nitrogens is 2. The van der Waals surface area contributed by atoms with E-state index >= 15 is 0 Å². The molecule has 3 aromatic rings. The van der Waals surface area contributed by atoms with Crippen molar-refractivity contribution in [1.29, 1.82) is 0 Å². The molecule has 8 heteroatoms. The van der Waals surface area contributed by atoms with Crippen LogP contribution in [0.3, 0.4) is 0 Å². The fourth-order valence-electron chi connectivity index (χ4n) is 4.71. The molecule has 1 aliphatic rings. The van der Waals surface area contributed by atoms with Crippen LogP contribution in [0.15, 0.2) is 36.5 Å². The Labute approximate surface area is 192 Å². The number of pyridine rings is 1. The number of benzene rings is 1. The number of aryl methyl sites for hydroxylation is 1. The molecular formula is C25H30F2N4O2. The number of hydrogen-bond donors (Lipinski definition) is 1. The second-order valence-corrected chi connectivity index (χ2v) is 9.14. The van der Waals surface area contributed by atoms with Crippen molar-refractivity contribution in [3.05, 3.63) is 65.1 Å². The molecule has 1 N–H and O–H groups in total. The Morgan fingerprint density at radius 3 is 2.67 bits per heavy atom. The van der Waals surface area contributed by atoms with Gasteiger partial charge in [0.2, 0.25) is 0 Å². The summed E-state index contributed by atoms with van der Waals surface area (Å²) in [5.41, 5.74) is 1.05. The van der Waals surface area contributed by atoms with E-state index in [2.05, 4.69) is 22.1 Å². The van der Waals surface area contributed by atoms with Crippen molar-refractivity contribution in [3.8, 4) is 5.75 Å². The molecule has 2 aromatic heterocycles. The molecule has 0 bridgehead atoms. The van der Waals surface area contributed by atoms with E-state index in [1.54, 1.807) is 29.7 Å². The van der Waals surface area contributed by atoms with Gasteiger partial charge in [-0.3, -0.25) is 9.20 Å². The minimum Gasteiger partial charge on any atom is -0.485 e. The number of carbonyl (C=O) groups excluding carboxylic acids is 1. The lowest BCUT2D eigenvalue weighted by molar-refractivity contribution is 0.0911. The monoisotopic (exact) mass is 456 g/mol. The molecule has 1 aromatic carbocycles. The Morgan fingerprint density at radius 2 is 2.00 bits per heavy atom. The first-order chi connectivity index (χ1) is 15.8. The van der Waals surface area contributed by atoms with E-state index in [1.165, 1.54) is 18.2 Å². The standard InChI is InChI=1S/C25H30F2N4O2/c1-5-8-17-13-25(17,15-30(3)4)29-24(32)22-16(2)28-23-21(11-7-12-31(22)23)33-14-18-19(26)9-6-10-20(18)27/h6-7,9-12,17H,5,8,13-15H2,1-4H3,(H,29,32)/t17-,25?/m1/s1. The summed E-state index contributed by atoms with van der Waals surface area (Å²) >= 11 is 0. The number of rotatable bonds is 9. The third kappa shape index (κ3) is 4.57. The van der Waals surface area contributed by atoms with Crippen molar-refractivity contribution < 1.29 is 18.3 Å². The number of halogens is 2. The van der Waals surface area contributed by atoms with E-state index < -0.39 is 11.6 Å². The fraction of sp³-hybridized carbons (Fsp3) is 0.440. The lowest BCUT2D eigenvalue weighted by Crippen LogP contribution is -2.46. The van der Waals surface area contributed by atoms with Gasteiger partial charge in [0.1, 0.15) is 23.9 Å². The van der Waals surface area contributed by atoms with Crippen LogP contribution < -0.4 is 10.1 Å². The third-order valence-corrected chi connectivity index (χ3v) is 6.27. The second-order valence-electron chi connectivity index (χ2n) is 9.14. The van der Waals surface area contributed by atoms with Crippen molar-refractivity contribution >= 4 is 11.6 Å². The van der Waals surface area contributed by atoms with E-state index in [0.717, 1.165) is 25.8 Å². The van der Waals surface area contributed by atoms with E-state index in [9.17, 15) is 13.6 Å². The highest BCUT2D eigenvalue weighted by atomic mass is 19.1. The van der Waals surface area contributed by atoms with E-state index in [0.29, 0.717) is 28.7 Å². The minimum absolute atomic E-state index is 0.151. The minimum atomic E-state index is -0.668. The molecule has 6 nitrogen and oxygen atoms in total. The lowest BCUT2D eigenvalue weighted by atomic mass is 10.1. The topological polar surface area (TPSA) is 58.9 Å². The number of amides is 1. The quantitative estimate of drug-likeness (QED) is 0.520. The molecule has 2 atom stereocenters. The molecule has 0 spiro atoms. The highest BCUT2D eigenvalue weighted by Crippen LogP contribution is 2.47. The van der Waals surface area contributed by atoms with E-state index in [-0.39, 0.29) is 23.6 Å². The zero-order valence-electron chi connectivity index (χ0n) is 19.5. The van der Waals surface area contributed by atoms with Gasteiger partial charge in [-0.1, -0.05) is 19.4 Å². The van der Waals surface area contributed by atoms with Crippen molar-refractivity contribution in [2.45, 2.75) is 45.3 Å². The third-order valence-electron chi connectivity index (χ3n) is 6.27. The van der Waals surface area contributed by atoms with Gasteiger partial charge in [-0.25, -0.2) is 13.8 Å². The van der Waals surface area contributed by atoms with Crippen LogP contribution in [0.5, 0.6) is 5.75 Å². The highest BCUT2D eigenvalue weighted by molar-refractivity contribution is 5.95. The maximum Gasteiger partial charge on any atom is 0.270 e. The van der Waals surface area contributed by atoms with Gasteiger partial charge in [0.15, 0.2) is 11.4 Å². The first-order valence-electron chi connectivity index (χ1n) is 11.3. The Morgan fingerprint density at radius 1 is 1.27 bits per heavy atom. The van der Waals surface area contributed by atoms with Crippen molar-refractivity contribution in [3.63, 3.8) is 0 Å². The number of likely N-dealkylation sites (N-methyl/N-ethyl adjacent to an activating group) is 1. The maximum atomic E-state index is 14.0. The van der Waals surface area contributed by atoms with Gasteiger partial charge in [0.05, 0.1) is 16.8 Å². The van der Waals surface area contributed by atoms with Gasteiger partial charge in [-0.2, -0.15) is 0 Å². The largest absolute Gasteiger partial charge is 0.485 e. The molecule has 1 fully saturated rings. The van der Waals surface area contributed by atoms with Crippen LogP contribution in [-0.2, 0) is 6.61 Å². The second kappa shape index (κ2) is 9.09. The summed E-state index contributed by atoms with van der Waals surface area (Å²) in [6.07, 6.45) is 4.86. The summed E-state index contributed by atoms with van der Waals surface area (Å²) < 4.78 is 35.4. The molecule has 0 radical (unpaired) electrons. The van der Waals surface area contributed by atoms with Crippen LogP contribution in [0, 0.1) is 24.5 Å². The van der Waals surface area contributed by atoms with E-state index in [1.807, 2.05) is 14.1 Å². The molecule has 176 valence electrons. The average Bonchev–Trinajstić information content (AvgIpc) is 3.25. The number of imidazole rings is 1. The number of nitrogens with zero attached hydrogens (tertiary/aromatic N) is 3. The van der Waals surface area contributed by atoms with Crippen LogP contribution in [0.4, 0.5) is 8.78 Å². The summed E-state index contributed by atoms with van der Waals surface area (Å²) in [6.45, 7) is 4.43. The molecule has 1 aliphatic carbocycles. The van der Waals surface area contributed by atoms with Gasteiger partial charge >= 0.3 is 0 Å². The molecular weight excluding hydrogens is 426 g/mol. The van der Waals surface area contributed by atoms with E-state index in [4.69, 9.17) is 4.74 Å². The molecule has 0 saturated heterocycles. The van der Waals surface area contributed by atoms with Crippen LogP contribution in [0.25, 0.3) is 5.65 Å². The van der Waals surface area contributed by atoms with Gasteiger partial charge < -0.3 is 15.0 Å². The molecule has 1 amide bonds. The summed E-state index contributed by atoms with van der Waals surface area (Å²) in [4.78, 5) is 20.0. The molecule has 1 saturated carbocycles. The van der Waals surface area contributed by atoms with Gasteiger partial charge in [0.25, 0.3) is 5.91 Å². The summed E-state index contributed by atoms with van der Waals surface area (Å²) in [6, 6.07) is 7.10. The SMILES string of the molecule is CCC[C@@H]1CC1(CN(C)C)NC(=O)c1c(C)nc2c(OCc3c(F)cccc3F)cccn12. The van der Waals surface area contributed by atoms with Crippen LogP contribution >= 0.6 is 0 Å². The van der Waals surface area contributed by atoms with Crippen LogP contribution in [-0.4, -0.2) is 46.4 Å².